The summed E-state index contributed by atoms with van der Waals surface area (Å²) in [6, 6.07) is 22.1. The standard InChI is InChI=1S/C22H23NO2/c1-3-21(22(24)23-15-19-11-5-4-8-16(19)2)25-20-13-12-17-9-6-7-10-18(17)14-20/h4-14,21H,3,15H2,1-2H3,(H,23,24)/t21-/m1/s1. The minimum Gasteiger partial charge on any atom is -0.481 e. The van der Waals surface area contributed by atoms with E-state index in [2.05, 4.69) is 11.4 Å². The van der Waals surface area contributed by atoms with Gasteiger partial charge in [-0.15, -0.1) is 0 Å². The summed E-state index contributed by atoms with van der Waals surface area (Å²) in [5, 5.41) is 5.25. The Morgan fingerprint density at radius 2 is 1.72 bits per heavy atom. The predicted octanol–water partition coefficient (Wildman–Crippen LogP) is 4.62. The smallest absolute Gasteiger partial charge is 0.261 e. The molecule has 0 aromatic heterocycles. The van der Waals surface area contributed by atoms with E-state index in [9.17, 15) is 4.79 Å². The highest BCUT2D eigenvalue weighted by molar-refractivity contribution is 5.84. The Morgan fingerprint density at radius 3 is 2.48 bits per heavy atom. The maximum absolute atomic E-state index is 12.5. The molecule has 0 aliphatic carbocycles. The Kier molecular flexibility index (Phi) is 5.34. The lowest BCUT2D eigenvalue weighted by molar-refractivity contribution is -0.128. The van der Waals surface area contributed by atoms with Gasteiger partial charge in [0, 0.05) is 6.54 Å². The number of aryl methyl sites for hydroxylation is 1. The van der Waals surface area contributed by atoms with E-state index in [1.165, 1.54) is 5.56 Å². The molecule has 0 fully saturated rings. The lowest BCUT2D eigenvalue weighted by Crippen LogP contribution is -2.37. The molecule has 3 nitrogen and oxygen atoms in total. The van der Waals surface area contributed by atoms with Crippen LogP contribution in [0, 0.1) is 6.92 Å². The molecule has 0 spiro atoms. The van der Waals surface area contributed by atoms with Crippen LogP contribution in [0.3, 0.4) is 0 Å². The average molecular weight is 333 g/mol. The van der Waals surface area contributed by atoms with Crippen molar-refractivity contribution in [2.75, 3.05) is 0 Å². The van der Waals surface area contributed by atoms with Crippen molar-refractivity contribution in [3.05, 3.63) is 77.9 Å². The Hall–Kier alpha value is -2.81. The minimum absolute atomic E-state index is 0.0843. The lowest BCUT2D eigenvalue weighted by atomic mass is 10.1. The van der Waals surface area contributed by atoms with E-state index in [0.717, 1.165) is 22.1 Å². The molecular formula is C22H23NO2. The van der Waals surface area contributed by atoms with Crippen LogP contribution in [0.1, 0.15) is 24.5 Å². The normalized spacial score (nSPS) is 11.9. The van der Waals surface area contributed by atoms with E-state index < -0.39 is 6.10 Å². The second-order valence-corrected chi connectivity index (χ2v) is 6.17. The van der Waals surface area contributed by atoms with Crippen LogP contribution in [-0.2, 0) is 11.3 Å². The van der Waals surface area contributed by atoms with Crippen LogP contribution in [0.5, 0.6) is 5.75 Å². The van der Waals surface area contributed by atoms with Crippen LogP contribution < -0.4 is 10.1 Å². The molecule has 1 N–H and O–H groups in total. The number of carbonyl (C=O) groups excluding carboxylic acids is 1. The topological polar surface area (TPSA) is 38.3 Å². The highest BCUT2D eigenvalue weighted by atomic mass is 16.5. The number of hydrogen-bond acceptors (Lipinski definition) is 2. The summed E-state index contributed by atoms with van der Waals surface area (Å²) in [5.74, 6) is 0.635. The van der Waals surface area contributed by atoms with Gasteiger partial charge in [0.15, 0.2) is 6.10 Å². The van der Waals surface area contributed by atoms with Gasteiger partial charge in [0.05, 0.1) is 0 Å². The first kappa shape index (κ1) is 17.0. The van der Waals surface area contributed by atoms with E-state index in [0.29, 0.717) is 13.0 Å². The molecule has 0 saturated carbocycles. The number of amides is 1. The number of rotatable bonds is 6. The highest BCUT2D eigenvalue weighted by Crippen LogP contribution is 2.22. The van der Waals surface area contributed by atoms with Crippen molar-refractivity contribution in [3.63, 3.8) is 0 Å². The fraction of sp³-hybridized carbons (Fsp3) is 0.227. The van der Waals surface area contributed by atoms with Gasteiger partial charge in [0.25, 0.3) is 5.91 Å². The molecule has 0 radical (unpaired) electrons. The largest absolute Gasteiger partial charge is 0.481 e. The first-order valence-electron chi connectivity index (χ1n) is 8.65. The first-order valence-corrected chi connectivity index (χ1v) is 8.65. The predicted molar refractivity (Wildman–Crippen MR) is 102 cm³/mol. The minimum atomic E-state index is -0.495. The van der Waals surface area contributed by atoms with Crippen LogP contribution in [0.25, 0.3) is 10.8 Å². The Bertz CT molecular complexity index is 873. The van der Waals surface area contributed by atoms with E-state index in [1.807, 2.05) is 74.5 Å². The molecular weight excluding hydrogens is 310 g/mol. The van der Waals surface area contributed by atoms with Crippen molar-refractivity contribution in [3.8, 4) is 5.75 Å². The summed E-state index contributed by atoms with van der Waals surface area (Å²) in [5.41, 5.74) is 2.29. The maximum atomic E-state index is 12.5. The van der Waals surface area contributed by atoms with Crippen LogP contribution in [-0.4, -0.2) is 12.0 Å². The summed E-state index contributed by atoms with van der Waals surface area (Å²) in [6.45, 7) is 4.52. The first-order chi connectivity index (χ1) is 12.2. The fourth-order valence-electron chi connectivity index (χ4n) is 2.83. The number of ether oxygens (including phenoxy) is 1. The molecule has 1 atom stereocenters. The third-order valence-electron chi connectivity index (χ3n) is 4.38. The van der Waals surface area contributed by atoms with Gasteiger partial charge in [-0.3, -0.25) is 4.79 Å². The summed E-state index contributed by atoms with van der Waals surface area (Å²) in [6.07, 6.45) is 0.122. The van der Waals surface area contributed by atoms with E-state index >= 15 is 0 Å². The molecule has 128 valence electrons. The number of nitrogens with one attached hydrogen (secondary N) is 1. The number of benzene rings is 3. The number of carbonyl (C=O) groups is 1. The zero-order valence-corrected chi connectivity index (χ0v) is 14.7. The molecule has 3 heteroatoms. The van der Waals surface area contributed by atoms with Crippen molar-refractivity contribution < 1.29 is 9.53 Å². The Labute approximate surface area is 148 Å². The Morgan fingerprint density at radius 1 is 1.00 bits per heavy atom. The van der Waals surface area contributed by atoms with Gasteiger partial charge in [0.2, 0.25) is 0 Å². The zero-order chi connectivity index (χ0) is 17.6. The quantitative estimate of drug-likeness (QED) is 0.715. The van der Waals surface area contributed by atoms with Crippen LogP contribution in [0.2, 0.25) is 0 Å². The van der Waals surface area contributed by atoms with E-state index in [4.69, 9.17) is 4.74 Å². The molecule has 0 saturated heterocycles. The molecule has 1 amide bonds. The fourth-order valence-corrected chi connectivity index (χ4v) is 2.83. The van der Waals surface area contributed by atoms with E-state index in [-0.39, 0.29) is 5.91 Å². The van der Waals surface area contributed by atoms with Gasteiger partial charge >= 0.3 is 0 Å². The molecule has 3 aromatic carbocycles. The maximum Gasteiger partial charge on any atom is 0.261 e. The van der Waals surface area contributed by atoms with Gasteiger partial charge in [-0.05, 0) is 47.4 Å². The van der Waals surface area contributed by atoms with Crippen molar-refractivity contribution in [1.82, 2.24) is 5.32 Å². The second-order valence-electron chi connectivity index (χ2n) is 6.17. The molecule has 0 unspecified atom stereocenters. The highest BCUT2D eigenvalue weighted by Gasteiger charge is 2.18. The molecule has 3 rings (SSSR count). The van der Waals surface area contributed by atoms with Crippen molar-refractivity contribution in [2.24, 2.45) is 0 Å². The summed E-state index contributed by atoms with van der Waals surface area (Å²) >= 11 is 0. The monoisotopic (exact) mass is 333 g/mol. The summed E-state index contributed by atoms with van der Waals surface area (Å²) in [7, 11) is 0. The number of hydrogen-bond donors (Lipinski definition) is 1. The zero-order valence-electron chi connectivity index (χ0n) is 14.7. The van der Waals surface area contributed by atoms with Crippen LogP contribution >= 0.6 is 0 Å². The van der Waals surface area contributed by atoms with Gasteiger partial charge in [-0.25, -0.2) is 0 Å². The van der Waals surface area contributed by atoms with E-state index in [1.54, 1.807) is 0 Å². The molecule has 0 bridgehead atoms. The SMILES string of the molecule is CC[C@@H](Oc1ccc2ccccc2c1)C(=O)NCc1ccccc1C. The molecule has 3 aromatic rings. The van der Waals surface area contributed by atoms with Gasteiger partial charge in [-0.1, -0.05) is 61.5 Å². The van der Waals surface area contributed by atoms with Gasteiger partial charge in [-0.2, -0.15) is 0 Å². The van der Waals surface area contributed by atoms with Gasteiger partial charge < -0.3 is 10.1 Å². The molecule has 0 heterocycles. The molecule has 0 aliphatic heterocycles. The van der Waals surface area contributed by atoms with Crippen molar-refractivity contribution in [2.45, 2.75) is 32.9 Å². The van der Waals surface area contributed by atoms with Crippen molar-refractivity contribution >= 4 is 16.7 Å². The van der Waals surface area contributed by atoms with Gasteiger partial charge in [0.1, 0.15) is 5.75 Å². The van der Waals surface area contributed by atoms with Crippen molar-refractivity contribution in [1.29, 1.82) is 0 Å². The Balaban J connectivity index is 1.66. The summed E-state index contributed by atoms with van der Waals surface area (Å²) in [4.78, 5) is 12.5. The average Bonchev–Trinajstić information content (AvgIpc) is 2.65. The second kappa shape index (κ2) is 7.84. The third kappa shape index (κ3) is 4.18. The molecule has 25 heavy (non-hydrogen) atoms. The molecule has 0 aliphatic rings. The van der Waals surface area contributed by atoms with Crippen LogP contribution in [0.15, 0.2) is 66.7 Å². The summed E-state index contributed by atoms with van der Waals surface area (Å²) < 4.78 is 5.94. The lowest BCUT2D eigenvalue weighted by Gasteiger charge is -2.18. The third-order valence-corrected chi connectivity index (χ3v) is 4.38. The van der Waals surface area contributed by atoms with Crippen LogP contribution in [0.4, 0.5) is 0 Å². The number of fused-ring (bicyclic) bond motifs is 1.